The summed E-state index contributed by atoms with van der Waals surface area (Å²) in [5.41, 5.74) is 1.49. The van der Waals surface area contributed by atoms with Crippen LogP contribution in [0.1, 0.15) is 11.1 Å². The second-order valence-electron chi connectivity index (χ2n) is 6.77. The predicted octanol–water partition coefficient (Wildman–Crippen LogP) is 5.65. The number of benzene rings is 2. The molecule has 174 valence electrons. The van der Waals surface area contributed by atoms with E-state index in [1.807, 2.05) is 36.4 Å². The van der Waals surface area contributed by atoms with E-state index in [-0.39, 0.29) is 25.0 Å². The number of carbonyl (C=O) groups excluding carboxylic acids is 2. The van der Waals surface area contributed by atoms with Crippen LogP contribution in [0.5, 0.6) is 11.5 Å². The van der Waals surface area contributed by atoms with E-state index in [0.29, 0.717) is 30.0 Å². The largest absolute Gasteiger partial charge is 0.489 e. The number of nitrogens with one attached hydrogen (secondary N) is 2. The van der Waals surface area contributed by atoms with Crippen molar-refractivity contribution in [3.8, 4) is 11.5 Å². The molecule has 6 nitrogen and oxygen atoms in total. The van der Waals surface area contributed by atoms with Gasteiger partial charge in [0.05, 0.1) is 9.81 Å². The topological polar surface area (TPSA) is 76.7 Å². The second kappa shape index (κ2) is 11.4. The van der Waals surface area contributed by atoms with E-state index >= 15 is 0 Å². The molecule has 2 amide bonds. The van der Waals surface area contributed by atoms with Crippen LogP contribution < -0.4 is 20.1 Å². The molecule has 0 saturated carbocycles. The summed E-state index contributed by atoms with van der Waals surface area (Å²) < 4.78 is 14.5. The van der Waals surface area contributed by atoms with E-state index in [4.69, 9.17) is 33.9 Å². The molecule has 0 atom stereocenters. The maximum Gasteiger partial charge on any atom is 0.263 e. The Kier molecular flexibility index (Phi) is 8.48. The summed E-state index contributed by atoms with van der Waals surface area (Å²) in [6.45, 7) is 0.521. The number of hydrogen-bond acceptors (Lipinski definition) is 8. The molecule has 2 aliphatic rings. The van der Waals surface area contributed by atoms with Gasteiger partial charge in [-0.05, 0) is 42.5 Å². The van der Waals surface area contributed by atoms with Gasteiger partial charge in [-0.15, -0.1) is 0 Å². The van der Waals surface area contributed by atoms with E-state index in [0.717, 1.165) is 20.1 Å². The normalized spacial score (nSPS) is 17.9. The summed E-state index contributed by atoms with van der Waals surface area (Å²) in [7, 11) is 0. The highest BCUT2D eigenvalue weighted by atomic mass is 79.9. The lowest BCUT2D eigenvalue weighted by atomic mass is 10.2. The van der Waals surface area contributed by atoms with Gasteiger partial charge >= 0.3 is 0 Å². The van der Waals surface area contributed by atoms with Crippen molar-refractivity contribution in [1.82, 2.24) is 10.6 Å². The van der Waals surface area contributed by atoms with E-state index in [1.165, 1.54) is 23.5 Å². The van der Waals surface area contributed by atoms with Gasteiger partial charge in [0.1, 0.15) is 33.4 Å². The monoisotopic (exact) mass is 656 g/mol. The Bertz CT molecular complexity index is 1280. The minimum absolute atomic E-state index is 0.223. The van der Waals surface area contributed by atoms with Crippen LogP contribution in [0.4, 0.5) is 0 Å². The van der Waals surface area contributed by atoms with Crippen molar-refractivity contribution in [3.05, 3.63) is 66.3 Å². The van der Waals surface area contributed by atoms with Crippen LogP contribution in [0.15, 0.2) is 55.2 Å². The minimum atomic E-state index is -0.226. The van der Waals surface area contributed by atoms with Crippen LogP contribution in [0.2, 0.25) is 0 Å². The molecular formula is C22H14Br2N2O4S4. The molecule has 0 spiro atoms. The maximum absolute atomic E-state index is 12.0. The highest BCUT2D eigenvalue weighted by molar-refractivity contribution is 9.10. The van der Waals surface area contributed by atoms with Crippen LogP contribution in [0.3, 0.4) is 0 Å². The molecule has 0 aliphatic carbocycles. The Hall–Kier alpha value is -1.70. The molecule has 0 unspecified atom stereocenters. The molecule has 0 aromatic heterocycles. The Labute approximate surface area is 231 Å². The highest BCUT2D eigenvalue weighted by Gasteiger charge is 2.23. The summed E-state index contributed by atoms with van der Waals surface area (Å²) in [4.78, 5) is 25.0. The van der Waals surface area contributed by atoms with Crippen molar-refractivity contribution in [3.63, 3.8) is 0 Å². The molecule has 4 rings (SSSR count). The quantitative estimate of drug-likeness (QED) is 0.225. The van der Waals surface area contributed by atoms with Gasteiger partial charge < -0.3 is 20.1 Å². The van der Waals surface area contributed by atoms with Gasteiger partial charge in [-0.25, -0.2) is 0 Å². The lowest BCUT2D eigenvalue weighted by Crippen LogP contribution is -2.17. The molecule has 2 fully saturated rings. The first-order valence-electron chi connectivity index (χ1n) is 9.63. The molecular weight excluding hydrogens is 644 g/mol. The Morgan fingerprint density at radius 1 is 0.765 bits per heavy atom. The SMILES string of the molecule is O=C1NC(=S)S/C1=C\c1cc(Br)ccc1OCCOc1cc(Br)ccc1/C=C1\SC(=S)NC1=O. The second-order valence-corrected chi connectivity index (χ2v) is 12.0. The van der Waals surface area contributed by atoms with Crippen LogP contribution in [0, 0.1) is 0 Å². The summed E-state index contributed by atoms with van der Waals surface area (Å²) >= 11 is 19.4. The van der Waals surface area contributed by atoms with Crippen molar-refractivity contribution >= 4 is 112 Å². The predicted molar refractivity (Wildman–Crippen MR) is 152 cm³/mol. The van der Waals surface area contributed by atoms with Crippen LogP contribution >= 0.6 is 79.8 Å². The van der Waals surface area contributed by atoms with Gasteiger partial charge in [0.15, 0.2) is 0 Å². The number of thiocarbonyl (C=S) groups is 2. The third-order valence-electron chi connectivity index (χ3n) is 4.40. The van der Waals surface area contributed by atoms with Crippen molar-refractivity contribution in [2.24, 2.45) is 0 Å². The third-order valence-corrected chi connectivity index (χ3v) is 7.72. The highest BCUT2D eigenvalue weighted by Crippen LogP contribution is 2.32. The zero-order valence-electron chi connectivity index (χ0n) is 17.1. The summed E-state index contributed by atoms with van der Waals surface area (Å²) in [5, 5.41) is 5.21. The van der Waals surface area contributed by atoms with Gasteiger partial charge in [-0.1, -0.05) is 85.9 Å². The first kappa shape index (κ1) is 25.4. The Morgan fingerprint density at radius 2 is 1.29 bits per heavy atom. The molecule has 2 aliphatic heterocycles. The molecule has 0 radical (unpaired) electrons. The van der Waals surface area contributed by atoms with Gasteiger partial charge in [0, 0.05) is 20.1 Å². The number of thioether (sulfide) groups is 2. The number of rotatable bonds is 7. The van der Waals surface area contributed by atoms with Crippen LogP contribution in [-0.2, 0) is 9.59 Å². The zero-order valence-corrected chi connectivity index (χ0v) is 23.5. The van der Waals surface area contributed by atoms with E-state index in [1.54, 1.807) is 12.2 Å². The van der Waals surface area contributed by atoms with E-state index in [9.17, 15) is 9.59 Å². The van der Waals surface area contributed by atoms with Crippen molar-refractivity contribution in [1.29, 1.82) is 0 Å². The molecule has 2 heterocycles. The first-order valence-corrected chi connectivity index (χ1v) is 13.7. The van der Waals surface area contributed by atoms with E-state index < -0.39 is 0 Å². The Balaban J connectivity index is 1.44. The number of halogens is 2. The average Bonchev–Trinajstić information content (AvgIpc) is 3.27. The summed E-state index contributed by atoms with van der Waals surface area (Å²) in [6.07, 6.45) is 3.49. The lowest BCUT2D eigenvalue weighted by Gasteiger charge is -2.13. The fraction of sp³-hybridized carbons (Fsp3) is 0.0909. The molecule has 2 aromatic rings. The van der Waals surface area contributed by atoms with Gasteiger partial charge in [0.2, 0.25) is 0 Å². The molecule has 12 heteroatoms. The van der Waals surface area contributed by atoms with Gasteiger partial charge in [-0.2, -0.15) is 0 Å². The smallest absolute Gasteiger partial charge is 0.263 e. The molecule has 2 N–H and O–H groups in total. The molecule has 2 aromatic carbocycles. The fourth-order valence-electron chi connectivity index (χ4n) is 2.94. The fourth-order valence-corrected chi connectivity index (χ4v) is 5.73. The van der Waals surface area contributed by atoms with Crippen LogP contribution in [0.25, 0.3) is 12.2 Å². The number of amides is 2. The molecule has 34 heavy (non-hydrogen) atoms. The number of ether oxygens (including phenoxy) is 2. The Morgan fingerprint density at radius 3 is 1.88 bits per heavy atom. The first-order chi connectivity index (χ1) is 16.3. The summed E-state index contributed by atoms with van der Waals surface area (Å²) in [6, 6.07) is 11.1. The van der Waals surface area contributed by atoms with Gasteiger partial charge in [-0.3, -0.25) is 9.59 Å². The minimum Gasteiger partial charge on any atom is -0.489 e. The standard InChI is InChI=1S/C22H14Br2N2O4S4/c23-13-3-4-15(12(7-13)9-18-20(28)26-22(32)34-18)29-5-6-30-16-10-14(24)2-1-11(16)8-17-19(27)25-21(31)33-17/h1-4,7-10H,5-6H2,(H,25,27,31)(H,26,28,32)/b17-8-,18-9-. The van der Waals surface area contributed by atoms with Crippen LogP contribution in [-0.4, -0.2) is 33.7 Å². The maximum atomic E-state index is 12.0. The van der Waals surface area contributed by atoms with E-state index in [2.05, 4.69) is 42.5 Å². The number of hydrogen-bond donors (Lipinski definition) is 2. The summed E-state index contributed by atoms with van der Waals surface area (Å²) in [5.74, 6) is 0.756. The molecule has 2 saturated heterocycles. The molecule has 0 bridgehead atoms. The van der Waals surface area contributed by atoms with Crippen molar-refractivity contribution < 1.29 is 19.1 Å². The lowest BCUT2D eigenvalue weighted by molar-refractivity contribution is -0.116. The van der Waals surface area contributed by atoms with Crippen molar-refractivity contribution in [2.45, 2.75) is 0 Å². The van der Waals surface area contributed by atoms with Crippen molar-refractivity contribution in [2.75, 3.05) is 13.2 Å². The average molecular weight is 658 g/mol. The third kappa shape index (κ3) is 6.49. The van der Waals surface area contributed by atoms with Gasteiger partial charge in [0.25, 0.3) is 11.8 Å². The number of carbonyl (C=O) groups is 2. The zero-order chi connectivity index (χ0) is 24.2.